The Hall–Kier alpha value is -1.60. The minimum absolute atomic E-state index is 0.0861. The summed E-state index contributed by atoms with van der Waals surface area (Å²) in [7, 11) is 0. The van der Waals surface area contributed by atoms with Crippen LogP contribution in [0.2, 0.25) is 0 Å². The molecule has 0 N–H and O–H groups in total. The Morgan fingerprint density at radius 2 is 2.15 bits per heavy atom. The maximum absolute atomic E-state index is 11.9. The predicted octanol–water partition coefficient (Wildman–Crippen LogP) is 1.25. The molecular weight excluding hydrogens is 191 g/mol. The van der Waals surface area contributed by atoms with Crippen LogP contribution in [0.5, 0.6) is 0 Å². The molecule has 72 valence electrons. The van der Waals surface area contributed by atoms with Crippen molar-refractivity contribution in [3.8, 4) is 0 Å². The number of aryl methyl sites for hydroxylation is 1. The third-order valence-corrected chi connectivity index (χ3v) is 1.31. The van der Waals surface area contributed by atoms with E-state index in [1.165, 1.54) is 6.92 Å². The molecule has 8 heteroatoms. The number of alkyl halides is 3. The van der Waals surface area contributed by atoms with Gasteiger partial charge in [0.15, 0.2) is 0 Å². The van der Waals surface area contributed by atoms with Crippen molar-refractivity contribution in [3.05, 3.63) is 27.6 Å². The zero-order valence-electron chi connectivity index (χ0n) is 6.37. The predicted molar refractivity (Wildman–Crippen MR) is 34.4 cm³/mol. The molecule has 0 amide bonds. The summed E-state index contributed by atoms with van der Waals surface area (Å²) >= 11 is 0. The highest BCUT2D eigenvalue weighted by molar-refractivity contribution is 5.10. The highest BCUT2D eigenvalue weighted by Gasteiger charge is 2.40. The maximum Gasteiger partial charge on any atom is 0.460 e. The number of nitrogens with zero attached hydrogens (tertiary/aromatic N) is 3. The topological polar surface area (TPSA) is 61.0 Å². The normalized spacial score (nSPS) is 11.7. The standard InChI is InChI=1S/C5H4F3N3O2/c1-3-2-4(5(6,7)8)9-10(3)11(12)13/h2H,1H3. The molecule has 0 unspecified atom stereocenters. The molecule has 0 radical (unpaired) electrons. The Morgan fingerprint density at radius 1 is 1.62 bits per heavy atom. The van der Waals surface area contributed by atoms with E-state index in [0.717, 1.165) is 0 Å². The van der Waals surface area contributed by atoms with Crippen LogP contribution >= 0.6 is 0 Å². The van der Waals surface area contributed by atoms with Crippen molar-refractivity contribution in [1.29, 1.82) is 0 Å². The van der Waals surface area contributed by atoms with Gasteiger partial charge in [0.2, 0.25) is 0 Å². The van der Waals surface area contributed by atoms with E-state index in [1.807, 2.05) is 0 Å². The van der Waals surface area contributed by atoms with Gasteiger partial charge in [-0.05, 0) is 6.92 Å². The molecule has 1 aromatic heterocycles. The number of halogens is 3. The first-order valence-electron chi connectivity index (χ1n) is 3.11. The van der Waals surface area contributed by atoms with Gasteiger partial charge in [0.1, 0.15) is 5.69 Å². The van der Waals surface area contributed by atoms with Gasteiger partial charge >= 0.3 is 6.18 Å². The van der Waals surface area contributed by atoms with Crippen molar-refractivity contribution in [2.75, 3.05) is 0 Å². The summed E-state index contributed by atoms with van der Waals surface area (Å²) in [6.45, 7) is 1.17. The smallest absolute Gasteiger partial charge is 0.339 e. The van der Waals surface area contributed by atoms with Crippen molar-refractivity contribution in [1.82, 2.24) is 9.89 Å². The monoisotopic (exact) mass is 195 g/mol. The minimum atomic E-state index is -4.65. The molecule has 1 heterocycles. The zero-order chi connectivity index (χ0) is 10.2. The highest BCUT2D eigenvalue weighted by atomic mass is 19.4. The molecule has 0 aliphatic rings. The van der Waals surface area contributed by atoms with Crippen LogP contribution in [-0.2, 0) is 6.18 Å². The van der Waals surface area contributed by atoms with Crippen LogP contribution in [0, 0.1) is 17.0 Å². The van der Waals surface area contributed by atoms with Crippen molar-refractivity contribution in [2.45, 2.75) is 13.1 Å². The summed E-state index contributed by atoms with van der Waals surface area (Å²) in [6, 6.07) is 0.614. The number of hydrogen-bond donors (Lipinski definition) is 0. The molecule has 0 spiro atoms. The van der Waals surface area contributed by atoms with Crippen LogP contribution in [0.15, 0.2) is 6.07 Å². The summed E-state index contributed by atoms with van der Waals surface area (Å²) in [4.78, 5) is 10.2. The Balaban J connectivity index is 3.17. The molecule has 5 nitrogen and oxygen atoms in total. The summed E-state index contributed by atoms with van der Waals surface area (Å²) < 4.78 is 35.8. The Morgan fingerprint density at radius 3 is 2.38 bits per heavy atom. The van der Waals surface area contributed by atoms with Crippen LogP contribution in [0.1, 0.15) is 11.4 Å². The lowest BCUT2D eigenvalue weighted by molar-refractivity contribution is -0.554. The van der Waals surface area contributed by atoms with Crippen LogP contribution in [0.4, 0.5) is 13.2 Å². The van der Waals surface area contributed by atoms with Gasteiger partial charge in [0.05, 0.1) is 10.1 Å². The van der Waals surface area contributed by atoms with Crippen LogP contribution in [-0.4, -0.2) is 14.9 Å². The van der Waals surface area contributed by atoms with Gasteiger partial charge in [0, 0.05) is 10.9 Å². The maximum atomic E-state index is 11.9. The average Bonchev–Trinajstić information content (AvgIpc) is 2.29. The molecule has 0 aliphatic carbocycles. The Kier molecular flexibility index (Phi) is 1.98. The first kappa shape index (κ1) is 9.49. The lowest BCUT2D eigenvalue weighted by atomic mass is 10.4. The summed E-state index contributed by atoms with van der Waals surface area (Å²) in [6.07, 6.45) is -4.65. The molecule has 1 aromatic rings. The summed E-state index contributed by atoms with van der Waals surface area (Å²) in [5.74, 6) is 0. The lowest BCUT2D eigenvalue weighted by Gasteiger charge is -1.94. The molecule has 0 saturated heterocycles. The van der Waals surface area contributed by atoms with E-state index in [9.17, 15) is 23.3 Å². The number of rotatable bonds is 1. The van der Waals surface area contributed by atoms with Crippen molar-refractivity contribution >= 4 is 0 Å². The molecular formula is C5H4F3N3O2. The highest BCUT2D eigenvalue weighted by Crippen LogP contribution is 2.28. The molecule has 0 atom stereocenters. The molecule has 0 aliphatic heterocycles. The fourth-order valence-corrected chi connectivity index (χ4v) is 0.769. The van der Waals surface area contributed by atoms with E-state index < -0.39 is 16.9 Å². The number of nitro groups is 1. The molecule has 0 aromatic carbocycles. The van der Waals surface area contributed by atoms with Crippen LogP contribution in [0.3, 0.4) is 0 Å². The van der Waals surface area contributed by atoms with Gasteiger partial charge in [0.25, 0.3) is 5.69 Å². The second kappa shape index (κ2) is 2.71. The van der Waals surface area contributed by atoms with Gasteiger partial charge in [-0.2, -0.15) is 13.2 Å². The Labute approximate surface area is 69.9 Å². The molecule has 13 heavy (non-hydrogen) atoms. The minimum Gasteiger partial charge on any atom is -0.339 e. The van der Waals surface area contributed by atoms with Gasteiger partial charge in [-0.15, -0.1) is 0 Å². The van der Waals surface area contributed by atoms with Crippen molar-refractivity contribution < 1.29 is 18.2 Å². The quantitative estimate of drug-likeness (QED) is 0.500. The SMILES string of the molecule is Cc1cc(C(F)(F)F)nn1[N+](=O)[O-]. The van der Waals surface area contributed by atoms with Gasteiger partial charge in [-0.3, -0.25) is 0 Å². The summed E-state index contributed by atoms with van der Waals surface area (Å²) in [5.41, 5.74) is -1.43. The zero-order valence-corrected chi connectivity index (χ0v) is 6.37. The third-order valence-electron chi connectivity index (χ3n) is 1.31. The molecule has 0 saturated carbocycles. The van der Waals surface area contributed by atoms with E-state index in [0.29, 0.717) is 6.07 Å². The van der Waals surface area contributed by atoms with Gasteiger partial charge < -0.3 is 10.1 Å². The largest absolute Gasteiger partial charge is 0.460 e. The fourth-order valence-electron chi connectivity index (χ4n) is 0.769. The van der Waals surface area contributed by atoms with Crippen LogP contribution < -0.4 is 0 Å². The van der Waals surface area contributed by atoms with E-state index in [-0.39, 0.29) is 10.5 Å². The first-order valence-corrected chi connectivity index (χ1v) is 3.11. The van der Waals surface area contributed by atoms with Crippen molar-refractivity contribution in [3.63, 3.8) is 0 Å². The molecule has 1 rings (SSSR count). The number of aromatic nitrogens is 2. The van der Waals surface area contributed by atoms with Crippen molar-refractivity contribution in [2.24, 2.45) is 0 Å². The fraction of sp³-hybridized carbons (Fsp3) is 0.400. The Bertz CT molecular complexity index is 343. The molecule has 0 fully saturated rings. The van der Waals surface area contributed by atoms with E-state index in [2.05, 4.69) is 5.10 Å². The third kappa shape index (κ3) is 1.76. The summed E-state index contributed by atoms with van der Waals surface area (Å²) in [5, 5.41) is 11.9. The molecule has 0 bridgehead atoms. The second-order valence-corrected chi connectivity index (χ2v) is 2.30. The van der Waals surface area contributed by atoms with E-state index >= 15 is 0 Å². The van der Waals surface area contributed by atoms with Gasteiger partial charge in [-0.25, -0.2) is 0 Å². The van der Waals surface area contributed by atoms with E-state index in [1.54, 1.807) is 0 Å². The van der Waals surface area contributed by atoms with E-state index in [4.69, 9.17) is 0 Å². The average molecular weight is 195 g/mol. The first-order chi connectivity index (χ1) is 5.82. The lowest BCUT2D eigenvalue weighted by Crippen LogP contribution is -2.14. The second-order valence-electron chi connectivity index (χ2n) is 2.30. The van der Waals surface area contributed by atoms with Crippen LogP contribution in [0.25, 0.3) is 0 Å². The number of hydrogen-bond acceptors (Lipinski definition) is 3. The van der Waals surface area contributed by atoms with Gasteiger partial charge in [-0.1, -0.05) is 0 Å².